The molecule has 2 atom stereocenters. The van der Waals surface area contributed by atoms with Crippen LogP contribution in [0.5, 0.6) is 0 Å². The van der Waals surface area contributed by atoms with Gasteiger partial charge < -0.3 is 15.2 Å². The SMILES string of the molecule is COCCOC(c1ccc(C)cc1)C(C)N. The van der Waals surface area contributed by atoms with Gasteiger partial charge in [-0.1, -0.05) is 29.8 Å². The molecule has 16 heavy (non-hydrogen) atoms. The topological polar surface area (TPSA) is 44.5 Å². The maximum Gasteiger partial charge on any atom is 0.0974 e. The van der Waals surface area contributed by atoms with E-state index in [2.05, 4.69) is 31.2 Å². The number of nitrogens with two attached hydrogens (primary N) is 1. The third-order valence-corrected chi connectivity index (χ3v) is 2.47. The summed E-state index contributed by atoms with van der Waals surface area (Å²) in [5.41, 5.74) is 8.28. The third-order valence-electron chi connectivity index (χ3n) is 2.47. The minimum atomic E-state index is -0.0595. The predicted octanol–water partition coefficient (Wildman–Crippen LogP) is 2.05. The third kappa shape index (κ3) is 3.93. The van der Waals surface area contributed by atoms with Gasteiger partial charge in [-0.25, -0.2) is 0 Å². The van der Waals surface area contributed by atoms with Crippen LogP contribution >= 0.6 is 0 Å². The monoisotopic (exact) mass is 223 g/mol. The molecule has 0 aliphatic heterocycles. The lowest BCUT2D eigenvalue weighted by molar-refractivity contribution is 0.00617. The fourth-order valence-corrected chi connectivity index (χ4v) is 1.57. The Morgan fingerprint density at radius 3 is 2.31 bits per heavy atom. The molecule has 3 nitrogen and oxygen atoms in total. The van der Waals surface area contributed by atoms with E-state index in [-0.39, 0.29) is 12.1 Å². The summed E-state index contributed by atoms with van der Waals surface area (Å²) in [5, 5.41) is 0. The normalized spacial score (nSPS) is 14.8. The van der Waals surface area contributed by atoms with Gasteiger partial charge in [0.15, 0.2) is 0 Å². The zero-order chi connectivity index (χ0) is 12.0. The second-order valence-corrected chi connectivity index (χ2v) is 4.05. The minimum Gasteiger partial charge on any atom is -0.382 e. The van der Waals surface area contributed by atoms with Crippen LogP contribution < -0.4 is 5.73 Å². The van der Waals surface area contributed by atoms with Crippen LogP contribution in [0.2, 0.25) is 0 Å². The van der Waals surface area contributed by atoms with Gasteiger partial charge in [-0.2, -0.15) is 0 Å². The fraction of sp³-hybridized carbons (Fsp3) is 0.538. The highest BCUT2D eigenvalue weighted by atomic mass is 16.5. The summed E-state index contributed by atoms with van der Waals surface area (Å²) in [7, 11) is 1.66. The van der Waals surface area contributed by atoms with Crippen molar-refractivity contribution in [3.63, 3.8) is 0 Å². The summed E-state index contributed by atoms with van der Waals surface area (Å²) in [4.78, 5) is 0. The lowest BCUT2D eigenvalue weighted by atomic mass is 10.0. The number of ether oxygens (including phenoxy) is 2. The first-order valence-electron chi connectivity index (χ1n) is 5.58. The van der Waals surface area contributed by atoms with Crippen molar-refractivity contribution < 1.29 is 9.47 Å². The summed E-state index contributed by atoms with van der Waals surface area (Å²) >= 11 is 0. The molecule has 0 aromatic heterocycles. The molecule has 1 aromatic rings. The predicted molar refractivity (Wildman–Crippen MR) is 65.4 cm³/mol. The number of hydrogen-bond acceptors (Lipinski definition) is 3. The maximum absolute atomic E-state index is 5.92. The highest BCUT2D eigenvalue weighted by Gasteiger charge is 2.16. The van der Waals surface area contributed by atoms with Crippen LogP contribution in [-0.4, -0.2) is 26.4 Å². The first kappa shape index (κ1) is 13.2. The Kier molecular flexibility index (Phi) is 5.46. The molecular formula is C13H21NO2. The Bertz CT molecular complexity index is 295. The number of aryl methyl sites for hydroxylation is 1. The van der Waals surface area contributed by atoms with Crippen LogP contribution in [0, 0.1) is 6.92 Å². The van der Waals surface area contributed by atoms with Gasteiger partial charge >= 0.3 is 0 Å². The average molecular weight is 223 g/mol. The van der Waals surface area contributed by atoms with E-state index in [9.17, 15) is 0 Å². The lowest BCUT2D eigenvalue weighted by Crippen LogP contribution is -2.28. The van der Waals surface area contributed by atoms with E-state index in [1.807, 2.05) is 6.92 Å². The molecule has 0 saturated heterocycles. The zero-order valence-corrected chi connectivity index (χ0v) is 10.3. The first-order chi connectivity index (χ1) is 7.65. The second-order valence-electron chi connectivity index (χ2n) is 4.05. The Hall–Kier alpha value is -0.900. The van der Waals surface area contributed by atoms with Crippen LogP contribution in [0.25, 0.3) is 0 Å². The average Bonchev–Trinajstić information content (AvgIpc) is 2.26. The van der Waals surface area contributed by atoms with Crippen molar-refractivity contribution in [1.29, 1.82) is 0 Å². The van der Waals surface area contributed by atoms with E-state index in [0.29, 0.717) is 13.2 Å². The molecule has 0 bridgehead atoms. The van der Waals surface area contributed by atoms with Crippen molar-refractivity contribution in [1.82, 2.24) is 0 Å². The Labute approximate surface area is 97.6 Å². The van der Waals surface area contributed by atoms with Gasteiger partial charge in [0.1, 0.15) is 0 Å². The minimum absolute atomic E-state index is 0.0282. The second kappa shape index (κ2) is 6.63. The smallest absolute Gasteiger partial charge is 0.0974 e. The number of benzene rings is 1. The van der Waals surface area contributed by atoms with Gasteiger partial charge in [0.25, 0.3) is 0 Å². The van der Waals surface area contributed by atoms with Gasteiger partial charge in [-0.05, 0) is 19.4 Å². The zero-order valence-electron chi connectivity index (χ0n) is 10.3. The number of methoxy groups -OCH3 is 1. The molecule has 2 unspecified atom stereocenters. The molecule has 0 saturated carbocycles. The quantitative estimate of drug-likeness (QED) is 0.751. The van der Waals surface area contributed by atoms with Crippen LogP contribution in [0.1, 0.15) is 24.2 Å². The molecule has 90 valence electrons. The molecule has 0 aliphatic rings. The summed E-state index contributed by atoms with van der Waals surface area (Å²) < 4.78 is 10.7. The van der Waals surface area contributed by atoms with E-state index in [1.165, 1.54) is 5.56 Å². The lowest BCUT2D eigenvalue weighted by Gasteiger charge is -2.22. The van der Waals surface area contributed by atoms with Crippen LogP contribution in [0.15, 0.2) is 24.3 Å². The van der Waals surface area contributed by atoms with Gasteiger partial charge in [-0.15, -0.1) is 0 Å². The maximum atomic E-state index is 5.92. The molecule has 2 N–H and O–H groups in total. The van der Waals surface area contributed by atoms with E-state index < -0.39 is 0 Å². The number of rotatable bonds is 6. The highest BCUT2D eigenvalue weighted by molar-refractivity contribution is 5.24. The van der Waals surface area contributed by atoms with Crippen LogP contribution in [0.4, 0.5) is 0 Å². The molecule has 0 amide bonds. The van der Waals surface area contributed by atoms with Crippen LogP contribution in [-0.2, 0) is 9.47 Å². The fourth-order valence-electron chi connectivity index (χ4n) is 1.57. The summed E-state index contributed by atoms with van der Waals surface area (Å²) in [6, 6.07) is 8.25. The highest BCUT2D eigenvalue weighted by Crippen LogP contribution is 2.20. The molecule has 1 aromatic carbocycles. The largest absolute Gasteiger partial charge is 0.382 e. The number of hydrogen-bond donors (Lipinski definition) is 1. The Balaban J connectivity index is 2.65. The van der Waals surface area contributed by atoms with Gasteiger partial charge in [0, 0.05) is 13.2 Å². The van der Waals surface area contributed by atoms with Gasteiger partial charge in [0.05, 0.1) is 19.3 Å². The van der Waals surface area contributed by atoms with Crippen molar-refractivity contribution in [2.45, 2.75) is 26.0 Å². The summed E-state index contributed by atoms with van der Waals surface area (Å²) in [6.45, 7) is 5.18. The molecule has 0 spiro atoms. The van der Waals surface area contributed by atoms with E-state index in [0.717, 1.165) is 5.56 Å². The standard InChI is InChI=1S/C13H21NO2/c1-10-4-6-12(7-5-10)13(11(2)14)16-9-8-15-3/h4-7,11,13H,8-9,14H2,1-3H3. The van der Waals surface area contributed by atoms with Gasteiger partial charge in [-0.3, -0.25) is 0 Å². The van der Waals surface area contributed by atoms with Crippen molar-refractivity contribution in [3.05, 3.63) is 35.4 Å². The van der Waals surface area contributed by atoms with Crippen molar-refractivity contribution in [3.8, 4) is 0 Å². The Morgan fingerprint density at radius 2 is 1.81 bits per heavy atom. The Morgan fingerprint density at radius 1 is 1.19 bits per heavy atom. The van der Waals surface area contributed by atoms with E-state index in [1.54, 1.807) is 7.11 Å². The van der Waals surface area contributed by atoms with E-state index in [4.69, 9.17) is 15.2 Å². The molecule has 0 radical (unpaired) electrons. The van der Waals surface area contributed by atoms with Crippen molar-refractivity contribution in [2.75, 3.05) is 20.3 Å². The molecule has 1 rings (SSSR count). The first-order valence-corrected chi connectivity index (χ1v) is 5.58. The van der Waals surface area contributed by atoms with Gasteiger partial charge in [0.2, 0.25) is 0 Å². The molecule has 3 heteroatoms. The van der Waals surface area contributed by atoms with Crippen molar-refractivity contribution in [2.24, 2.45) is 5.73 Å². The molecule has 0 fully saturated rings. The summed E-state index contributed by atoms with van der Waals surface area (Å²) in [5.74, 6) is 0. The van der Waals surface area contributed by atoms with E-state index >= 15 is 0 Å². The molecule has 0 heterocycles. The molecular weight excluding hydrogens is 202 g/mol. The summed E-state index contributed by atoms with van der Waals surface area (Å²) in [6.07, 6.45) is -0.0595. The van der Waals surface area contributed by atoms with Crippen molar-refractivity contribution >= 4 is 0 Å². The van der Waals surface area contributed by atoms with Crippen LogP contribution in [0.3, 0.4) is 0 Å². The molecule has 0 aliphatic carbocycles.